The SMILES string of the molecule is COc1cccc([C@@H](O)c2cc(Cl)cc(OC)c2N(CC(C)(C)C)C(=O)CCC(=O)N2CCC(C(=O)O)CC2)c1OC. The molecule has 0 radical (unpaired) electrons. The summed E-state index contributed by atoms with van der Waals surface area (Å²) in [5.74, 6) is -0.780. The van der Waals surface area contributed by atoms with Crippen LogP contribution < -0.4 is 19.1 Å². The van der Waals surface area contributed by atoms with Crippen molar-refractivity contribution in [3.8, 4) is 17.2 Å². The molecule has 1 aliphatic rings. The van der Waals surface area contributed by atoms with Crippen molar-refractivity contribution >= 4 is 35.1 Å². The lowest BCUT2D eigenvalue weighted by Crippen LogP contribution is -2.42. The number of rotatable bonds is 11. The summed E-state index contributed by atoms with van der Waals surface area (Å²) in [6.45, 7) is 6.90. The van der Waals surface area contributed by atoms with Gasteiger partial charge in [-0.25, -0.2) is 0 Å². The molecule has 2 amide bonds. The second-order valence-corrected chi connectivity index (χ2v) is 12.0. The van der Waals surface area contributed by atoms with Crippen LogP contribution in [0.25, 0.3) is 0 Å². The number of methoxy groups -OCH3 is 3. The molecule has 0 unspecified atom stereocenters. The molecule has 42 heavy (non-hydrogen) atoms. The molecule has 0 saturated carbocycles. The van der Waals surface area contributed by atoms with Crippen LogP contribution in [0.1, 0.15) is 63.7 Å². The number of piperidine rings is 1. The van der Waals surface area contributed by atoms with Gasteiger partial charge < -0.3 is 34.2 Å². The molecule has 1 saturated heterocycles. The molecule has 3 rings (SSSR count). The molecule has 2 aromatic rings. The summed E-state index contributed by atoms with van der Waals surface area (Å²) in [4.78, 5) is 41.3. The first-order valence-corrected chi connectivity index (χ1v) is 14.3. The highest BCUT2D eigenvalue weighted by Gasteiger charge is 2.33. The topological polar surface area (TPSA) is 126 Å². The Morgan fingerprint density at radius 2 is 1.64 bits per heavy atom. The molecule has 1 heterocycles. The van der Waals surface area contributed by atoms with E-state index in [2.05, 4.69) is 0 Å². The molecule has 2 N–H and O–H groups in total. The van der Waals surface area contributed by atoms with Gasteiger partial charge in [0.1, 0.15) is 11.9 Å². The molecular weight excluding hydrogens is 564 g/mol. The highest BCUT2D eigenvalue weighted by atomic mass is 35.5. The van der Waals surface area contributed by atoms with Crippen molar-refractivity contribution in [1.29, 1.82) is 0 Å². The first-order valence-electron chi connectivity index (χ1n) is 13.9. The van der Waals surface area contributed by atoms with E-state index in [9.17, 15) is 24.6 Å². The maximum atomic E-state index is 13.9. The summed E-state index contributed by atoms with van der Waals surface area (Å²) >= 11 is 6.46. The number of aliphatic hydroxyl groups excluding tert-OH is 1. The van der Waals surface area contributed by atoms with E-state index in [1.54, 1.807) is 40.1 Å². The van der Waals surface area contributed by atoms with E-state index < -0.39 is 18.0 Å². The molecule has 2 aromatic carbocycles. The third-order valence-electron chi connectivity index (χ3n) is 7.26. The third kappa shape index (κ3) is 7.86. The largest absolute Gasteiger partial charge is 0.495 e. The Bertz CT molecular complexity index is 1280. The van der Waals surface area contributed by atoms with E-state index >= 15 is 0 Å². The number of halogens is 1. The van der Waals surface area contributed by atoms with Crippen molar-refractivity contribution in [1.82, 2.24) is 4.90 Å². The molecular formula is C31H41ClN2O8. The van der Waals surface area contributed by atoms with E-state index in [0.717, 1.165) is 0 Å². The van der Waals surface area contributed by atoms with Gasteiger partial charge in [-0.15, -0.1) is 0 Å². The molecule has 230 valence electrons. The summed E-state index contributed by atoms with van der Waals surface area (Å²) in [5, 5.41) is 21.3. The third-order valence-corrected chi connectivity index (χ3v) is 7.48. The zero-order chi connectivity index (χ0) is 31.2. The quantitative estimate of drug-likeness (QED) is 0.370. The number of anilines is 1. The Labute approximate surface area is 252 Å². The van der Waals surface area contributed by atoms with Crippen LogP contribution in [0.5, 0.6) is 17.2 Å². The van der Waals surface area contributed by atoms with Crippen LogP contribution in [0.2, 0.25) is 5.02 Å². The summed E-state index contributed by atoms with van der Waals surface area (Å²) < 4.78 is 16.7. The maximum Gasteiger partial charge on any atom is 0.306 e. The van der Waals surface area contributed by atoms with Crippen LogP contribution in [-0.2, 0) is 14.4 Å². The van der Waals surface area contributed by atoms with Crippen molar-refractivity contribution in [3.05, 3.63) is 46.5 Å². The Balaban J connectivity index is 1.99. The zero-order valence-corrected chi connectivity index (χ0v) is 25.9. The van der Waals surface area contributed by atoms with Gasteiger partial charge in [0.2, 0.25) is 11.8 Å². The second kappa shape index (κ2) is 14.1. The van der Waals surface area contributed by atoms with Crippen molar-refractivity contribution < 1.29 is 38.8 Å². The number of carbonyl (C=O) groups excluding carboxylic acids is 2. The molecule has 1 aliphatic heterocycles. The normalized spacial score (nSPS) is 14.7. The Hall–Kier alpha value is -3.50. The molecule has 11 heteroatoms. The van der Waals surface area contributed by atoms with Gasteiger partial charge in [-0.3, -0.25) is 14.4 Å². The number of para-hydroxylation sites is 1. The highest BCUT2D eigenvalue weighted by molar-refractivity contribution is 6.31. The summed E-state index contributed by atoms with van der Waals surface area (Å²) in [7, 11) is 4.44. The van der Waals surface area contributed by atoms with E-state index in [4.69, 9.17) is 25.8 Å². The van der Waals surface area contributed by atoms with Gasteiger partial charge in [-0.1, -0.05) is 44.5 Å². The number of aliphatic hydroxyl groups is 1. The number of likely N-dealkylation sites (tertiary alicyclic amines) is 1. The fourth-order valence-electron chi connectivity index (χ4n) is 5.19. The van der Waals surface area contributed by atoms with E-state index in [-0.39, 0.29) is 42.4 Å². The number of aliphatic carboxylic acids is 1. The first kappa shape index (κ1) is 33.0. The number of ether oxygens (including phenoxy) is 3. The Morgan fingerprint density at radius 3 is 2.19 bits per heavy atom. The van der Waals surface area contributed by atoms with Crippen LogP contribution in [0, 0.1) is 11.3 Å². The first-order chi connectivity index (χ1) is 19.8. The molecule has 0 aromatic heterocycles. The molecule has 1 atom stereocenters. The number of carbonyl (C=O) groups is 3. The van der Waals surface area contributed by atoms with Gasteiger partial charge in [-0.05, 0) is 30.4 Å². The Morgan fingerprint density at radius 1 is 1.00 bits per heavy atom. The van der Waals surface area contributed by atoms with Crippen molar-refractivity contribution in [2.24, 2.45) is 11.3 Å². The predicted octanol–water partition coefficient (Wildman–Crippen LogP) is 4.93. The molecule has 1 fully saturated rings. The minimum Gasteiger partial charge on any atom is -0.495 e. The minimum atomic E-state index is -1.27. The number of nitrogens with zero attached hydrogens (tertiary/aromatic N) is 2. The van der Waals surface area contributed by atoms with Gasteiger partial charge >= 0.3 is 5.97 Å². The second-order valence-electron chi connectivity index (χ2n) is 11.6. The highest BCUT2D eigenvalue weighted by Crippen LogP contribution is 2.45. The lowest BCUT2D eigenvalue weighted by Gasteiger charge is -2.34. The van der Waals surface area contributed by atoms with Crippen LogP contribution in [0.4, 0.5) is 5.69 Å². The molecule has 10 nitrogen and oxygen atoms in total. The number of amides is 2. The summed E-state index contributed by atoms with van der Waals surface area (Å²) in [6.07, 6.45) is -0.610. The van der Waals surface area contributed by atoms with Gasteiger partial charge in [0, 0.05) is 54.7 Å². The van der Waals surface area contributed by atoms with E-state index in [1.807, 2.05) is 20.8 Å². The lowest BCUT2D eigenvalue weighted by molar-refractivity contribution is -0.145. The van der Waals surface area contributed by atoms with Crippen LogP contribution in [-0.4, -0.2) is 73.9 Å². The average molecular weight is 605 g/mol. The molecule has 0 bridgehead atoms. The zero-order valence-electron chi connectivity index (χ0n) is 25.1. The van der Waals surface area contributed by atoms with Crippen LogP contribution in [0.15, 0.2) is 30.3 Å². The van der Waals surface area contributed by atoms with Crippen molar-refractivity contribution in [2.45, 2.75) is 52.6 Å². The summed E-state index contributed by atoms with van der Waals surface area (Å²) in [6, 6.07) is 8.31. The lowest BCUT2D eigenvalue weighted by atomic mass is 9.93. The predicted molar refractivity (Wildman–Crippen MR) is 160 cm³/mol. The fourth-order valence-corrected chi connectivity index (χ4v) is 5.41. The minimum absolute atomic E-state index is 0.0330. The molecule has 0 spiro atoms. The number of hydrogen-bond donors (Lipinski definition) is 2. The van der Waals surface area contributed by atoms with Crippen molar-refractivity contribution in [3.63, 3.8) is 0 Å². The smallest absolute Gasteiger partial charge is 0.306 e. The number of hydrogen-bond acceptors (Lipinski definition) is 7. The summed E-state index contributed by atoms with van der Waals surface area (Å²) in [5.41, 5.74) is 0.712. The van der Waals surface area contributed by atoms with Crippen LogP contribution in [0.3, 0.4) is 0 Å². The van der Waals surface area contributed by atoms with Crippen molar-refractivity contribution in [2.75, 3.05) is 45.9 Å². The van der Waals surface area contributed by atoms with E-state index in [1.165, 1.54) is 21.3 Å². The van der Waals surface area contributed by atoms with Crippen LogP contribution >= 0.6 is 11.6 Å². The number of carboxylic acids is 1. The van der Waals surface area contributed by atoms with Gasteiger partial charge in [0.05, 0.1) is 32.9 Å². The fraction of sp³-hybridized carbons (Fsp3) is 0.516. The monoisotopic (exact) mass is 604 g/mol. The average Bonchev–Trinajstić information content (AvgIpc) is 2.96. The van der Waals surface area contributed by atoms with Gasteiger partial charge in [0.25, 0.3) is 0 Å². The van der Waals surface area contributed by atoms with Gasteiger partial charge in [-0.2, -0.15) is 0 Å². The standard InChI is InChI=1S/C31H41ClN2O8/c1-31(2,3)18-34(26(36)11-10-25(35)33-14-12-19(13-15-33)30(38)39)27-22(16-20(32)17-24(27)41-5)28(37)21-8-7-9-23(40-4)29(21)42-6/h7-9,16-17,19,28,37H,10-15,18H2,1-6H3,(H,38,39)/t28-/m1/s1. The maximum absolute atomic E-state index is 13.9. The number of benzene rings is 2. The molecule has 0 aliphatic carbocycles. The number of carboxylic acid groups (broad SMARTS) is 1. The van der Waals surface area contributed by atoms with Gasteiger partial charge in [0.15, 0.2) is 11.5 Å². The Kier molecular flexibility index (Phi) is 11.1. The van der Waals surface area contributed by atoms with E-state index in [0.29, 0.717) is 59.3 Å².